The molecule has 0 N–H and O–H groups in total. The molecule has 140 valence electrons. The van der Waals surface area contributed by atoms with Crippen LogP contribution in [0.4, 0.5) is 4.39 Å². The van der Waals surface area contributed by atoms with Gasteiger partial charge >= 0.3 is 0 Å². The number of ether oxygens (including phenoxy) is 2. The molecule has 3 aromatic rings. The van der Waals surface area contributed by atoms with Gasteiger partial charge in [-0.15, -0.1) is 0 Å². The standard InChI is InChI=1S/C22H13Cl2FO3/c23-17-8-5-13(9-18(17)24)10-21-22(26)16-7-6-15(11-20(16)28-21)27-12-14-3-1-2-4-19(14)25/h1-11H,12H2. The van der Waals surface area contributed by atoms with Crippen molar-refractivity contribution in [3.05, 3.63) is 99.0 Å². The highest BCUT2D eigenvalue weighted by molar-refractivity contribution is 6.42. The van der Waals surface area contributed by atoms with Crippen LogP contribution in [0.2, 0.25) is 10.0 Å². The van der Waals surface area contributed by atoms with Gasteiger partial charge in [-0.2, -0.15) is 0 Å². The van der Waals surface area contributed by atoms with Crippen molar-refractivity contribution in [1.82, 2.24) is 0 Å². The number of halogens is 3. The lowest BCUT2D eigenvalue weighted by atomic mass is 10.1. The fourth-order valence-electron chi connectivity index (χ4n) is 2.79. The summed E-state index contributed by atoms with van der Waals surface area (Å²) in [6, 6.07) is 16.3. The molecular formula is C22H13Cl2FO3. The van der Waals surface area contributed by atoms with Crippen LogP contribution in [0.1, 0.15) is 21.5 Å². The van der Waals surface area contributed by atoms with Crippen molar-refractivity contribution in [3.63, 3.8) is 0 Å². The predicted octanol–water partition coefficient (Wildman–Crippen LogP) is 6.33. The third-order valence-electron chi connectivity index (χ3n) is 4.24. The van der Waals surface area contributed by atoms with E-state index in [1.165, 1.54) is 6.07 Å². The molecule has 1 aliphatic rings. The smallest absolute Gasteiger partial charge is 0.231 e. The Labute approximate surface area is 170 Å². The molecular weight excluding hydrogens is 402 g/mol. The fourth-order valence-corrected chi connectivity index (χ4v) is 3.09. The van der Waals surface area contributed by atoms with Gasteiger partial charge in [0.25, 0.3) is 0 Å². The molecule has 0 bridgehead atoms. The predicted molar refractivity (Wildman–Crippen MR) is 107 cm³/mol. The number of fused-ring (bicyclic) bond motifs is 1. The van der Waals surface area contributed by atoms with Crippen molar-refractivity contribution in [2.24, 2.45) is 0 Å². The summed E-state index contributed by atoms with van der Waals surface area (Å²) < 4.78 is 25.0. The average Bonchev–Trinajstić information content (AvgIpc) is 2.99. The van der Waals surface area contributed by atoms with Crippen LogP contribution in [0.25, 0.3) is 6.08 Å². The van der Waals surface area contributed by atoms with Crippen LogP contribution in [0.15, 0.2) is 66.4 Å². The molecule has 1 heterocycles. The van der Waals surface area contributed by atoms with Crippen molar-refractivity contribution >= 4 is 35.1 Å². The van der Waals surface area contributed by atoms with E-state index in [1.54, 1.807) is 60.7 Å². The monoisotopic (exact) mass is 414 g/mol. The van der Waals surface area contributed by atoms with E-state index in [-0.39, 0.29) is 24.0 Å². The van der Waals surface area contributed by atoms with E-state index in [0.717, 1.165) is 0 Å². The molecule has 0 spiro atoms. The number of rotatable bonds is 4. The molecule has 0 atom stereocenters. The molecule has 0 amide bonds. The number of hydrogen-bond donors (Lipinski definition) is 0. The summed E-state index contributed by atoms with van der Waals surface area (Å²) in [6.45, 7) is 0.0748. The highest BCUT2D eigenvalue weighted by Crippen LogP contribution is 2.35. The van der Waals surface area contributed by atoms with Crippen LogP contribution in [-0.4, -0.2) is 5.78 Å². The van der Waals surface area contributed by atoms with E-state index >= 15 is 0 Å². The first-order valence-corrected chi connectivity index (χ1v) is 9.16. The van der Waals surface area contributed by atoms with Gasteiger partial charge in [0.05, 0.1) is 15.6 Å². The van der Waals surface area contributed by atoms with E-state index in [1.807, 2.05) is 0 Å². The van der Waals surface area contributed by atoms with Gasteiger partial charge in [0.1, 0.15) is 23.9 Å². The van der Waals surface area contributed by atoms with Gasteiger partial charge in [-0.25, -0.2) is 4.39 Å². The summed E-state index contributed by atoms with van der Waals surface area (Å²) in [5.74, 6) is 0.483. The Morgan fingerprint density at radius 3 is 2.61 bits per heavy atom. The van der Waals surface area contributed by atoms with E-state index in [9.17, 15) is 9.18 Å². The summed E-state index contributed by atoms with van der Waals surface area (Å²) in [5, 5.41) is 0.824. The Kier molecular flexibility index (Phi) is 5.07. The Morgan fingerprint density at radius 1 is 1.00 bits per heavy atom. The molecule has 0 aromatic heterocycles. The van der Waals surface area contributed by atoms with Gasteiger partial charge in [0.15, 0.2) is 5.76 Å². The van der Waals surface area contributed by atoms with E-state index in [4.69, 9.17) is 32.7 Å². The minimum atomic E-state index is -0.332. The number of hydrogen-bond acceptors (Lipinski definition) is 3. The largest absolute Gasteiger partial charge is 0.489 e. The highest BCUT2D eigenvalue weighted by Gasteiger charge is 2.27. The van der Waals surface area contributed by atoms with Crippen LogP contribution in [-0.2, 0) is 6.61 Å². The van der Waals surface area contributed by atoms with Crippen molar-refractivity contribution in [1.29, 1.82) is 0 Å². The first kappa shape index (κ1) is 18.5. The Hall–Kier alpha value is -2.82. The first-order chi connectivity index (χ1) is 13.5. The van der Waals surface area contributed by atoms with Crippen LogP contribution in [0.3, 0.4) is 0 Å². The van der Waals surface area contributed by atoms with Crippen LogP contribution in [0, 0.1) is 5.82 Å². The van der Waals surface area contributed by atoms with Crippen molar-refractivity contribution in [2.75, 3.05) is 0 Å². The van der Waals surface area contributed by atoms with Gasteiger partial charge in [-0.05, 0) is 42.0 Å². The lowest BCUT2D eigenvalue weighted by Crippen LogP contribution is -1.98. The molecule has 0 unspecified atom stereocenters. The molecule has 6 heteroatoms. The molecule has 0 fully saturated rings. The van der Waals surface area contributed by atoms with E-state index in [2.05, 4.69) is 0 Å². The molecule has 0 radical (unpaired) electrons. The summed E-state index contributed by atoms with van der Waals surface area (Å²) in [7, 11) is 0. The quantitative estimate of drug-likeness (QED) is 0.468. The second-order valence-electron chi connectivity index (χ2n) is 6.15. The topological polar surface area (TPSA) is 35.5 Å². The maximum atomic E-state index is 13.7. The molecule has 3 aromatic carbocycles. The minimum absolute atomic E-state index is 0.0748. The van der Waals surface area contributed by atoms with Crippen molar-refractivity contribution in [2.45, 2.75) is 6.61 Å². The molecule has 0 saturated heterocycles. The molecule has 1 aliphatic heterocycles. The summed E-state index contributed by atoms with van der Waals surface area (Å²) in [6.07, 6.45) is 1.60. The maximum absolute atomic E-state index is 13.7. The number of ketones is 1. The second-order valence-corrected chi connectivity index (χ2v) is 6.97. The zero-order chi connectivity index (χ0) is 19.7. The van der Waals surface area contributed by atoms with Crippen LogP contribution in [0.5, 0.6) is 11.5 Å². The Morgan fingerprint density at radius 2 is 1.82 bits per heavy atom. The zero-order valence-electron chi connectivity index (χ0n) is 14.4. The lowest BCUT2D eigenvalue weighted by Gasteiger charge is -2.08. The summed E-state index contributed by atoms with van der Waals surface area (Å²) in [5.41, 5.74) is 1.58. The fraction of sp³-hybridized carbons (Fsp3) is 0.0455. The van der Waals surface area contributed by atoms with E-state index < -0.39 is 0 Å². The molecule has 28 heavy (non-hydrogen) atoms. The van der Waals surface area contributed by atoms with Gasteiger partial charge in [-0.3, -0.25) is 4.79 Å². The Balaban J connectivity index is 1.53. The first-order valence-electron chi connectivity index (χ1n) is 8.41. The van der Waals surface area contributed by atoms with Gasteiger partial charge in [-0.1, -0.05) is 47.5 Å². The molecule has 0 saturated carbocycles. The number of Topliss-reactive ketones (excluding diaryl/α,β-unsaturated/α-hetero) is 1. The zero-order valence-corrected chi connectivity index (χ0v) is 15.9. The normalized spacial score (nSPS) is 14.1. The molecule has 4 rings (SSSR count). The second kappa shape index (κ2) is 7.66. The number of allylic oxidation sites excluding steroid dienone is 1. The third kappa shape index (κ3) is 3.75. The number of carbonyl (C=O) groups excluding carboxylic acids is 1. The van der Waals surface area contributed by atoms with Crippen molar-refractivity contribution in [3.8, 4) is 11.5 Å². The van der Waals surface area contributed by atoms with Gasteiger partial charge in [0, 0.05) is 11.6 Å². The van der Waals surface area contributed by atoms with Crippen LogP contribution < -0.4 is 9.47 Å². The SMILES string of the molecule is O=C1C(=Cc2ccc(Cl)c(Cl)c2)Oc2cc(OCc3ccccc3F)ccc21. The molecule has 3 nitrogen and oxygen atoms in total. The lowest BCUT2D eigenvalue weighted by molar-refractivity contribution is 0.101. The van der Waals surface area contributed by atoms with E-state index in [0.29, 0.717) is 38.2 Å². The number of carbonyl (C=O) groups is 1. The maximum Gasteiger partial charge on any atom is 0.231 e. The van der Waals surface area contributed by atoms with Crippen LogP contribution >= 0.6 is 23.2 Å². The Bertz CT molecular complexity index is 1110. The highest BCUT2D eigenvalue weighted by atomic mass is 35.5. The summed E-state index contributed by atoms with van der Waals surface area (Å²) in [4.78, 5) is 12.5. The minimum Gasteiger partial charge on any atom is -0.489 e. The number of benzene rings is 3. The van der Waals surface area contributed by atoms with Gasteiger partial charge in [0.2, 0.25) is 5.78 Å². The average molecular weight is 415 g/mol. The van der Waals surface area contributed by atoms with Crippen molar-refractivity contribution < 1.29 is 18.7 Å². The van der Waals surface area contributed by atoms with Gasteiger partial charge < -0.3 is 9.47 Å². The molecule has 0 aliphatic carbocycles. The summed E-state index contributed by atoms with van der Waals surface area (Å²) >= 11 is 11.9. The third-order valence-corrected chi connectivity index (χ3v) is 4.97.